The van der Waals surface area contributed by atoms with Gasteiger partial charge in [0.1, 0.15) is 28.1 Å². The molecule has 0 saturated carbocycles. The Hall–Kier alpha value is -1.95. The van der Waals surface area contributed by atoms with Crippen molar-refractivity contribution in [3.8, 4) is 0 Å². The van der Waals surface area contributed by atoms with Crippen LogP contribution in [0.1, 0.15) is 24.3 Å². The number of nitrogens with one attached hydrogen (secondary N) is 1. The summed E-state index contributed by atoms with van der Waals surface area (Å²) in [7, 11) is 0. The monoisotopic (exact) mass is 282 g/mol. The van der Waals surface area contributed by atoms with Crippen LogP contribution in [0.3, 0.4) is 0 Å². The molecule has 0 amide bonds. The quantitative estimate of drug-likeness (QED) is 0.844. The smallest absolute Gasteiger partial charge is 0.150 e. The van der Waals surface area contributed by atoms with E-state index in [-0.39, 0.29) is 22.3 Å². The molecule has 0 saturated heterocycles. The Kier molecular flexibility index (Phi) is 3.80. The Morgan fingerprint density at radius 3 is 2.47 bits per heavy atom. The lowest BCUT2D eigenvalue weighted by Gasteiger charge is -2.15. The molecule has 1 aromatic heterocycles. The second-order valence-electron chi connectivity index (χ2n) is 4.06. The van der Waals surface area contributed by atoms with Crippen molar-refractivity contribution >= 4 is 22.9 Å². The number of halogens is 2. The summed E-state index contributed by atoms with van der Waals surface area (Å²) in [6.07, 6.45) is 1.50. The van der Waals surface area contributed by atoms with E-state index in [4.69, 9.17) is 10.2 Å². The van der Waals surface area contributed by atoms with Gasteiger partial charge < -0.3 is 15.5 Å². The lowest BCUT2D eigenvalue weighted by Crippen LogP contribution is -2.13. The van der Waals surface area contributed by atoms with E-state index in [0.29, 0.717) is 5.76 Å². The first-order valence-electron chi connectivity index (χ1n) is 5.58. The van der Waals surface area contributed by atoms with Gasteiger partial charge in [-0.25, -0.2) is 8.78 Å². The van der Waals surface area contributed by atoms with Gasteiger partial charge in [0.05, 0.1) is 12.3 Å². The highest BCUT2D eigenvalue weighted by atomic mass is 32.1. The van der Waals surface area contributed by atoms with E-state index in [0.717, 1.165) is 12.1 Å². The fraction of sp³-hybridized carbons (Fsp3) is 0.154. The van der Waals surface area contributed by atoms with Crippen molar-refractivity contribution in [2.75, 3.05) is 5.32 Å². The highest BCUT2D eigenvalue weighted by molar-refractivity contribution is 7.80. The molecule has 1 heterocycles. The first kappa shape index (κ1) is 13.5. The van der Waals surface area contributed by atoms with Crippen molar-refractivity contribution in [2.45, 2.75) is 13.0 Å². The van der Waals surface area contributed by atoms with Gasteiger partial charge in [-0.3, -0.25) is 0 Å². The molecule has 3 nitrogen and oxygen atoms in total. The van der Waals surface area contributed by atoms with Crippen molar-refractivity contribution in [2.24, 2.45) is 5.73 Å². The first-order chi connectivity index (χ1) is 8.99. The molecule has 19 heavy (non-hydrogen) atoms. The fourth-order valence-corrected chi connectivity index (χ4v) is 1.80. The van der Waals surface area contributed by atoms with Crippen LogP contribution in [0, 0.1) is 11.6 Å². The maximum Gasteiger partial charge on any atom is 0.150 e. The van der Waals surface area contributed by atoms with Crippen molar-refractivity contribution in [1.82, 2.24) is 0 Å². The molecule has 0 aliphatic rings. The number of thiocarbonyl (C=S) groups is 1. The van der Waals surface area contributed by atoms with Gasteiger partial charge in [-0.15, -0.1) is 0 Å². The standard InChI is InChI=1S/C13H12F2N2OS/c1-7(11-3-2-4-18-11)17-12-9(14)5-8(13(16)19)6-10(12)15/h2-7,17H,1H3,(H2,16,19). The summed E-state index contributed by atoms with van der Waals surface area (Å²) in [5.74, 6) is -0.917. The largest absolute Gasteiger partial charge is 0.467 e. The molecule has 3 N–H and O–H groups in total. The van der Waals surface area contributed by atoms with Crippen LogP contribution in [-0.2, 0) is 0 Å². The minimum Gasteiger partial charge on any atom is -0.467 e. The van der Waals surface area contributed by atoms with Crippen molar-refractivity contribution in [3.05, 3.63) is 53.5 Å². The Balaban J connectivity index is 2.28. The maximum absolute atomic E-state index is 13.8. The Morgan fingerprint density at radius 1 is 1.37 bits per heavy atom. The lowest BCUT2D eigenvalue weighted by atomic mass is 10.1. The number of anilines is 1. The number of hydrogen-bond donors (Lipinski definition) is 2. The van der Waals surface area contributed by atoms with Gasteiger partial charge in [-0.05, 0) is 31.2 Å². The van der Waals surface area contributed by atoms with Crippen LogP contribution < -0.4 is 11.1 Å². The predicted octanol–water partition coefficient (Wildman–Crippen LogP) is 3.37. The molecule has 0 radical (unpaired) electrons. The molecule has 100 valence electrons. The molecule has 0 bridgehead atoms. The van der Waals surface area contributed by atoms with Crippen LogP contribution >= 0.6 is 12.2 Å². The van der Waals surface area contributed by atoms with E-state index >= 15 is 0 Å². The van der Waals surface area contributed by atoms with Crippen molar-refractivity contribution in [3.63, 3.8) is 0 Å². The highest BCUT2D eigenvalue weighted by Gasteiger charge is 2.16. The van der Waals surface area contributed by atoms with Crippen LogP contribution in [0.5, 0.6) is 0 Å². The summed E-state index contributed by atoms with van der Waals surface area (Å²) in [4.78, 5) is -0.0524. The van der Waals surface area contributed by atoms with Gasteiger partial charge in [0.25, 0.3) is 0 Å². The third kappa shape index (κ3) is 2.90. The van der Waals surface area contributed by atoms with Crippen LogP contribution in [0.15, 0.2) is 34.9 Å². The third-order valence-electron chi connectivity index (χ3n) is 2.66. The minimum atomic E-state index is -0.749. The van der Waals surface area contributed by atoms with Gasteiger partial charge in [0, 0.05) is 5.56 Å². The number of benzene rings is 1. The molecule has 1 aromatic carbocycles. The van der Waals surface area contributed by atoms with E-state index in [2.05, 4.69) is 17.5 Å². The first-order valence-corrected chi connectivity index (χ1v) is 5.98. The average Bonchev–Trinajstić information content (AvgIpc) is 2.86. The van der Waals surface area contributed by atoms with E-state index in [1.807, 2.05) is 0 Å². The number of hydrogen-bond acceptors (Lipinski definition) is 3. The van der Waals surface area contributed by atoms with Gasteiger partial charge >= 0.3 is 0 Å². The minimum absolute atomic E-state index is 0.0524. The molecule has 0 spiro atoms. The summed E-state index contributed by atoms with van der Waals surface area (Å²) >= 11 is 4.69. The number of rotatable bonds is 4. The zero-order valence-electron chi connectivity index (χ0n) is 10.1. The number of nitrogens with two attached hydrogens (primary N) is 1. The van der Waals surface area contributed by atoms with Crippen LogP contribution in [0.4, 0.5) is 14.5 Å². The second kappa shape index (κ2) is 5.36. The molecular formula is C13H12F2N2OS. The van der Waals surface area contributed by atoms with E-state index < -0.39 is 11.6 Å². The summed E-state index contributed by atoms with van der Waals surface area (Å²) in [6, 6.07) is 5.26. The lowest BCUT2D eigenvalue weighted by molar-refractivity contribution is 0.487. The van der Waals surface area contributed by atoms with Crippen LogP contribution in [0.25, 0.3) is 0 Å². The van der Waals surface area contributed by atoms with E-state index in [9.17, 15) is 8.78 Å². The summed E-state index contributed by atoms with van der Waals surface area (Å²) in [5.41, 5.74) is 5.26. The molecule has 0 aliphatic carbocycles. The van der Waals surface area contributed by atoms with E-state index in [1.165, 1.54) is 6.26 Å². The van der Waals surface area contributed by atoms with Gasteiger partial charge in [-0.2, -0.15) is 0 Å². The predicted molar refractivity (Wildman–Crippen MR) is 73.0 cm³/mol. The summed E-state index contributed by atoms with van der Waals surface area (Å²) in [6.45, 7) is 1.74. The Labute approximate surface area is 114 Å². The van der Waals surface area contributed by atoms with Crippen molar-refractivity contribution in [1.29, 1.82) is 0 Å². The molecular weight excluding hydrogens is 270 g/mol. The van der Waals surface area contributed by atoms with Gasteiger partial charge in [-0.1, -0.05) is 12.2 Å². The zero-order valence-corrected chi connectivity index (χ0v) is 10.9. The second-order valence-corrected chi connectivity index (χ2v) is 4.50. The number of furan rings is 1. The molecule has 0 fully saturated rings. The third-order valence-corrected chi connectivity index (χ3v) is 2.89. The maximum atomic E-state index is 13.8. The van der Waals surface area contributed by atoms with Crippen molar-refractivity contribution < 1.29 is 13.2 Å². The van der Waals surface area contributed by atoms with Crippen LogP contribution in [-0.4, -0.2) is 4.99 Å². The molecule has 1 unspecified atom stereocenters. The Bertz CT molecular complexity index is 576. The van der Waals surface area contributed by atoms with Gasteiger partial charge in [0.15, 0.2) is 0 Å². The van der Waals surface area contributed by atoms with E-state index in [1.54, 1.807) is 19.1 Å². The fourth-order valence-electron chi connectivity index (χ4n) is 1.68. The zero-order chi connectivity index (χ0) is 14.0. The molecule has 0 aliphatic heterocycles. The molecule has 2 aromatic rings. The van der Waals surface area contributed by atoms with Gasteiger partial charge in [0.2, 0.25) is 0 Å². The SMILES string of the molecule is CC(Nc1c(F)cc(C(N)=S)cc1F)c1ccco1. The Morgan fingerprint density at radius 2 is 2.00 bits per heavy atom. The molecule has 2 rings (SSSR count). The topological polar surface area (TPSA) is 51.2 Å². The highest BCUT2D eigenvalue weighted by Crippen LogP contribution is 2.25. The summed E-state index contributed by atoms with van der Waals surface area (Å²) in [5, 5.41) is 2.72. The molecule has 1 atom stereocenters. The molecule has 6 heteroatoms. The normalized spacial score (nSPS) is 12.2. The average molecular weight is 282 g/mol. The summed E-state index contributed by atoms with van der Waals surface area (Å²) < 4.78 is 32.8. The van der Waals surface area contributed by atoms with Crippen LogP contribution in [0.2, 0.25) is 0 Å².